The van der Waals surface area contributed by atoms with Crippen molar-refractivity contribution in [2.75, 3.05) is 0 Å². The Labute approximate surface area is 203 Å². The number of carbonyl (C=O) groups excluding carboxylic acids is 1. The second-order valence-electron chi connectivity index (χ2n) is 10.0. The molecule has 0 atom stereocenters. The van der Waals surface area contributed by atoms with Crippen LogP contribution in [0.25, 0.3) is 0 Å². The summed E-state index contributed by atoms with van der Waals surface area (Å²) in [6, 6.07) is 1.64. The Morgan fingerprint density at radius 2 is 1.21 bits per heavy atom. The molecule has 1 aliphatic carbocycles. The van der Waals surface area contributed by atoms with Crippen LogP contribution in [0.3, 0.4) is 0 Å². The highest BCUT2D eigenvalue weighted by Gasteiger charge is 2.35. The van der Waals surface area contributed by atoms with E-state index in [1.807, 2.05) is 60.6 Å². The van der Waals surface area contributed by atoms with Crippen molar-refractivity contribution < 1.29 is 20.1 Å². The van der Waals surface area contributed by atoms with Crippen LogP contribution in [0.4, 0.5) is 0 Å². The molecule has 0 heterocycles. The molecule has 0 aromatic heterocycles. The van der Waals surface area contributed by atoms with Gasteiger partial charge in [-0.1, -0.05) is 34.9 Å². The molecule has 4 nitrogen and oxygen atoms in total. The highest BCUT2D eigenvalue weighted by Crippen LogP contribution is 2.46. The Balaban J connectivity index is 2.34. The molecule has 0 saturated heterocycles. The molecule has 0 aliphatic heterocycles. The third-order valence-electron chi connectivity index (χ3n) is 6.46. The van der Waals surface area contributed by atoms with Gasteiger partial charge in [0.05, 0.1) is 11.1 Å². The third-order valence-corrected chi connectivity index (χ3v) is 6.46. The summed E-state index contributed by atoms with van der Waals surface area (Å²) in [5.41, 5.74) is 8.17. The molecule has 1 aliphatic rings. The van der Waals surface area contributed by atoms with E-state index < -0.39 is 0 Å². The van der Waals surface area contributed by atoms with Crippen LogP contribution in [0.15, 0.2) is 41.0 Å². The number of benzene rings is 2. The molecule has 0 unspecified atom stereocenters. The number of aryl methyl sites for hydroxylation is 1. The zero-order chi connectivity index (χ0) is 25.3. The normalized spacial score (nSPS) is 12.0. The van der Waals surface area contributed by atoms with Crippen molar-refractivity contribution >= 4 is 5.78 Å². The lowest BCUT2D eigenvalue weighted by Crippen LogP contribution is -2.20. The lowest BCUT2D eigenvalue weighted by atomic mass is 9.76. The molecule has 0 spiro atoms. The Hall–Kier alpha value is -3.27. The minimum absolute atomic E-state index is 0.0465. The first-order chi connectivity index (χ1) is 15.9. The monoisotopic (exact) mass is 460 g/mol. The van der Waals surface area contributed by atoms with Gasteiger partial charge in [0.1, 0.15) is 17.2 Å². The van der Waals surface area contributed by atoms with Gasteiger partial charge in [0.25, 0.3) is 0 Å². The maximum Gasteiger partial charge on any atom is 0.201 e. The Morgan fingerprint density at radius 1 is 0.735 bits per heavy atom. The summed E-state index contributed by atoms with van der Waals surface area (Å²) in [6.07, 6.45) is 7.86. The van der Waals surface area contributed by atoms with Crippen molar-refractivity contribution in [3.05, 3.63) is 85.5 Å². The van der Waals surface area contributed by atoms with Gasteiger partial charge in [0.2, 0.25) is 5.78 Å². The zero-order valence-corrected chi connectivity index (χ0v) is 21.4. The van der Waals surface area contributed by atoms with E-state index in [9.17, 15) is 20.1 Å². The van der Waals surface area contributed by atoms with Gasteiger partial charge in [0, 0.05) is 11.1 Å². The van der Waals surface area contributed by atoms with E-state index in [0.717, 1.165) is 27.8 Å². The predicted molar refractivity (Wildman–Crippen MR) is 138 cm³/mol. The number of aromatic hydroxyl groups is 3. The molecule has 3 N–H and O–H groups in total. The first kappa shape index (κ1) is 25.4. The molecule has 3 rings (SSSR count). The number of ketones is 1. The SMILES string of the molecule is CC(C)=CCc1c(O)c(CC=C(C)C)c2c(c1O)C(=O)c1c(O)cc(C)c(CC=C(C)C)c1C2. The number of allylic oxidation sites excluding steroid dienone is 6. The summed E-state index contributed by atoms with van der Waals surface area (Å²) in [4.78, 5) is 13.8. The van der Waals surface area contributed by atoms with Gasteiger partial charge >= 0.3 is 0 Å². The minimum Gasteiger partial charge on any atom is -0.507 e. The maximum absolute atomic E-state index is 13.8. The summed E-state index contributed by atoms with van der Waals surface area (Å²) in [7, 11) is 0. The standard InChI is InChI=1S/C30H36O4/c1-16(2)8-11-20-19(7)14-25(31)26-23(20)15-24-21(12-9-17(3)4)28(32)22(13-10-18(5)6)29(33)27(24)30(26)34/h8-10,14,31-33H,11-13,15H2,1-7H3. The van der Waals surface area contributed by atoms with Gasteiger partial charge in [-0.2, -0.15) is 0 Å². The zero-order valence-electron chi connectivity index (χ0n) is 21.4. The highest BCUT2D eigenvalue weighted by atomic mass is 16.3. The molecule has 0 saturated carbocycles. The maximum atomic E-state index is 13.8. The van der Waals surface area contributed by atoms with Crippen LogP contribution in [0.1, 0.15) is 90.8 Å². The van der Waals surface area contributed by atoms with Crippen LogP contribution in [0.5, 0.6) is 17.2 Å². The van der Waals surface area contributed by atoms with E-state index >= 15 is 0 Å². The van der Waals surface area contributed by atoms with Crippen molar-refractivity contribution in [1.82, 2.24) is 0 Å². The molecule has 0 radical (unpaired) electrons. The number of phenolic OH excluding ortho intramolecular Hbond substituents is 3. The summed E-state index contributed by atoms with van der Waals surface area (Å²) < 4.78 is 0. The number of carbonyl (C=O) groups is 1. The lowest BCUT2D eigenvalue weighted by molar-refractivity contribution is 0.102. The average Bonchev–Trinajstić information content (AvgIpc) is 2.72. The number of phenols is 3. The van der Waals surface area contributed by atoms with Crippen molar-refractivity contribution in [3.8, 4) is 17.2 Å². The van der Waals surface area contributed by atoms with Gasteiger partial charge in [-0.25, -0.2) is 0 Å². The quantitative estimate of drug-likeness (QED) is 0.355. The molecule has 0 amide bonds. The second-order valence-corrected chi connectivity index (χ2v) is 10.0. The van der Waals surface area contributed by atoms with Crippen LogP contribution in [0, 0.1) is 6.92 Å². The lowest BCUT2D eigenvalue weighted by Gasteiger charge is -2.28. The number of hydrogen-bond acceptors (Lipinski definition) is 4. The number of fused-ring (bicyclic) bond motifs is 2. The van der Waals surface area contributed by atoms with E-state index in [0.29, 0.717) is 42.4 Å². The van der Waals surface area contributed by atoms with Gasteiger partial charge in [-0.3, -0.25) is 4.79 Å². The number of rotatable bonds is 6. The fourth-order valence-electron chi connectivity index (χ4n) is 4.60. The van der Waals surface area contributed by atoms with Crippen LogP contribution in [-0.2, 0) is 25.7 Å². The molecule has 2 aromatic rings. The largest absolute Gasteiger partial charge is 0.507 e. The van der Waals surface area contributed by atoms with Crippen molar-refractivity contribution in [1.29, 1.82) is 0 Å². The Kier molecular flexibility index (Phi) is 7.40. The molecule has 0 bridgehead atoms. The molecule has 34 heavy (non-hydrogen) atoms. The molecular weight excluding hydrogens is 424 g/mol. The van der Waals surface area contributed by atoms with Crippen molar-refractivity contribution in [2.24, 2.45) is 0 Å². The van der Waals surface area contributed by atoms with Gasteiger partial charge in [0.15, 0.2) is 0 Å². The van der Waals surface area contributed by atoms with Gasteiger partial charge in [-0.15, -0.1) is 0 Å². The first-order valence-corrected chi connectivity index (χ1v) is 11.8. The summed E-state index contributed by atoms with van der Waals surface area (Å²) in [5, 5.41) is 33.2. The molecular formula is C30H36O4. The summed E-state index contributed by atoms with van der Waals surface area (Å²) >= 11 is 0. The topological polar surface area (TPSA) is 77.8 Å². The fourth-order valence-corrected chi connectivity index (χ4v) is 4.60. The van der Waals surface area contributed by atoms with E-state index in [1.165, 1.54) is 5.57 Å². The van der Waals surface area contributed by atoms with Crippen molar-refractivity contribution in [3.63, 3.8) is 0 Å². The fraction of sp³-hybridized carbons (Fsp3) is 0.367. The second kappa shape index (κ2) is 9.92. The Bertz CT molecular complexity index is 1240. The van der Waals surface area contributed by atoms with Crippen LogP contribution in [0.2, 0.25) is 0 Å². The van der Waals surface area contributed by atoms with Crippen LogP contribution < -0.4 is 0 Å². The summed E-state index contributed by atoms with van der Waals surface area (Å²) in [6.45, 7) is 13.9. The average molecular weight is 461 g/mol. The highest BCUT2D eigenvalue weighted by molar-refractivity contribution is 6.16. The first-order valence-electron chi connectivity index (χ1n) is 11.8. The molecule has 180 valence electrons. The van der Waals surface area contributed by atoms with E-state index in [2.05, 4.69) is 6.08 Å². The summed E-state index contributed by atoms with van der Waals surface area (Å²) in [5.74, 6) is -0.590. The molecule has 2 aromatic carbocycles. The predicted octanol–water partition coefficient (Wildman–Crippen LogP) is 6.77. The Morgan fingerprint density at radius 3 is 1.74 bits per heavy atom. The van der Waals surface area contributed by atoms with Crippen molar-refractivity contribution in [2.45, 2.75) is 74.1 Å². The van der Waals surface area contributed by atoms with Gasteiger partial charge in [-0.05, 0) is 102 Å². The minimum atomic E-state index is -0.387. The van der Waals surface area contributed by atoms with Crippen LogP contribution in [-0.4, -0.2) is 21.1 Å². The van der Waals surface area contributed by atoms with Crippen LogP contribution >= 0.6 is 0 Å². The smallest absolute Gasteiger partial charge is 0.201 e. The van der Waals surface area contributed by atoms with Gasteiger partial charge < -0.3 is 15.3 Å². The van der Waals surface area contributed by atoms with E-state index in [4.69, 9.17) is 0 Å². The molecule has 0 fully saturated rings. The number of hydrogen-bond donors (Lipinski definition) is 3. The third kappa shape index (κ3) is 4.82. The molecule has 4 heteroatoms. The van der Waals surface area contributed by atoms with E-state index in [1.54, 1.807) is 6.07 Å². The van der Waals surface area contributed by atoms with E-state index in [-0.39, 0.29) is 34.2 Å².